The van der Waals surface area contributed by atoms with Crippen LogP contribution in [0.15, 0.2) is 24.3 Å². The molecule has 1 fully saturated rings. The molecule has 0 amide bonds. The van der Waals surface area contributed by atoms with Crippen molar-refractivity contribution in [2.45, 2.75) is 24.4 Å². The summed E-state index contributed by atoms with van der Waals surface area (Å²) >= 11 is 0. The molecule has 3 rings (SSSR count). The van der Waals surface area contributed by atoms with Gasteiger partial charge in [-0.05, 0) is 11.1 Å². The van der Waals surface area contributed by atoms with Crippen LogP contribution >= 0.6 is 0 Å². The Bertz CT molecular complexity index is 317. The Hall–Kier alpha value is -0.900. The first-order valence-electron chi connectivity index (χ1n) is 4.39. The average molecular weight is 178 g/mol. The number of fused-ring (bicyclic) bond motifs is 5. The van der Waals surface area contributed by atoms with E-state index >= 15 is 0 Å². The molecule has 2 heterocycles. The molecule has 3 heteroatoms. The van der Waals surface area contributed by atoms with Crippen molar-refractivity contribution in [2.24, 2.45) is 0 Å². The summed E-state index contributed by atoms with van der Waals surface area (Å²) in [7, 11) is 0. The summed E-state index contributed by atoms with van der Waals surface area (Å²) in [5, 5.41) is 19.1. The maximum absolute atomic E-state index is 9.56. The van der Waals surface area contributed by atoms with Crippen LogP contribution < -0.4 is 0 Å². The molecule has 1 saturated heterocycles. The molecule has 68 valence electrons. The lowest BCUT2D eigenvalue weighted by Crippen LogP contribution is -2.30. The first-order chi connectivity index (χ1) is 6.29. The van der Waals surface area contributed by atoms with Crippen LogP contribution in [0, 0.1) is 0 Å². The van der Waals surface area contributed by atoms with Crippen molar-refractivity contribution in [1.29, 1.82) is 0 Å². The lowest BCUT2D eigenvalue weighted by molar-refractivity contribution is 0.0217. The van der Waals surface area contributed by atoms with Crippen LogP contribution in [0.25, 0.3) is 0 Å². The molecule has 0 saturated carbocycles. The van der Waals surface area contributed by atoms with Gasteiger partial charge in [-0.2, -0.15) is 0 Å². The van der Waals surface area contributed by atoms with Gasteiger partial charge in [-0.15, -0.1) is 0 Å². The van der Waals surface area contributed by atoms with Crippen LogP contribution in [-0.2, 0) is 4.74 Å². The van der Waals surface area contributed by atoms with Crippen molar-refractivity contribution in [1.82, 2.24) is 0 Å². The Balaban J connectivity index is 2.16. The number of ether oxygens (including phenoxy) is 1. The van der Waals surface area contributed by atoms with E-state index in [1.807, 2.05) is 24.3 Å². The quantitative estimate of drug-likeness (QED) is 0.609. The molecule has 2 bridgehead atoms. The molecule has 13 heavy (non-hydrogen) atoms. The Labute approximate surface area is 75.6 Å². The molecule has 2 N–H and O–H groups in total. The van der Waals surface area contributed by atoms with Crippen molar-refractivity contribution in [3.05, 3.63) is 35.4 Å². The number of aliphatic hydroxyl groups is 2. The highest BCUT2D eigenvalue weighted by Gasteiger charge is 2.50. The molecule has 0 radical (unpaired) electrons. The maximum atomic E-state index is 9.56. The highest BCUT2D eigenvalue weighted by molar-refractivity contribution is 5.39. The Kier molecular flexibility index (Phi) is 1.34. The van der Waals surface area contributed by atoms with Gasteiger partial charge in [0.15, 0.2) is 0 Å². The normalized spacial score (nSPS) is 40.8. The van der Waals surface area contributed by atoms with Gasteiger partial charge in [-0.1, -0.05) is 24.3 Å². The van der Waals surface area contributed by atoms with Crippen LogP contribution in [0.4, 0.5) is 0 Å². The second-order valence-electron chi connectivity index (χ2n) is 3.59. The molecule has 1 aromatic carbocycles. The van der Waals surface area contributed by atoms with Crippen molar-refractivity contribution in [3.63, 3.8) is 0 Å². The number of hydrogen-bond acceptors (Lipinski definition) is 3. The van der Waals surface area contributed by atoms with E-state index < -0.39 is 12.2 Å². The van der Waals surface area contributed by atoms with E-state index in [9.17, 15) is 10.2 Å². The van der Waals surface area contributed by atoms with Gasteiger partial charge >= 0.3 is 0 Å². The minimum absolute atomic E-state index is 0.323. The van der Waals surface area contributed by atoms with Crippen LogP contribution in [0.3, 0.4) is 0 Å². The molecule has 3 nitrogen and oxygen atoms in total. The highest BCUT2D eigenvalue weighted by atomic mass is 16.5. The second-order valence-corrected chi connectivity index (χ2v) is 3.59. The van der Waals surface area contributed by atoms with E-state index in [2.05, 4.69) is 0 Å². The monoisotopic (exact) mass is 178 g/mol. The molecule has 2 aliphatic heterocycles. The molecule has 1 aromatic rings. The van der Waals surface area contributed by atoms with Crippen LogP contribution in [0.5, 0.6) is 0 Å². The largest absolute Gasteiger partial charge is 0.387 e. The predicted octanol–water partition coefficient (Wildman–Crippen LogP) is 0.534. The lowest BCUT2D eigenvalue weighted by atomic mass is 9.88. The smallest absolute Gasteiger partial charge is 0.113 e. The Morgan fingerprint density at radius 1 is 0.923 bits per heavy atom. The SMILES string of the molecule is OC1C2OC(c3ccccc32)[C@H]1O. The first kappa shape index (κ1) is 7.50. The van der Waals surface area contributed by atoms with Crippen molar-refractivity contribution in [3.8, 4) is 0 Å². The van der Waals surface area contributed by atoms with Gasteiger partial charge in [0.25, 0.3) is 0 Å². The molecule has 4 atom stereocenters. The van der Waals surface area contributed by atoms with Crippen LogP contribution in [0.2, 0.25) is 0 Å². The fraction of sp³-hybridized carbons (Fsp3) is 0.400. The standard InChI is InChI=1S/C10H10O3/c11-7-8(12)10-6-4-2-1-3-5(6)9(7)13-10/h1-4,7-12H/t7-,8?,9?,10?/m0/s1. The van der Waals surface area contributed by atoms with E-state index in [1.165, 1.54) is 0 Å². The minimum atomic E-state index is -0.764. The third kappa shape index (κ3) is 0.790. The summed E-state index contributed by atoms with van der Waals surface area (Å²) in [6.45, 7) is 0. The van der Waals surface area contributed by atoms with Crippen molar-refractivity contribution >= 4 is 0 Å². The summed E-state index contributed by atoms with van der Waals surface area (Å²) in [5.41, 5.74) is 2.04. The maximum Gasteiger partial charge on any atom is 0.113 e. The second kappa shape index (κ2) is 2.32. The van der Waals surface area contributed by atoms with Gasteiger partial charge < -0.3 is 14.9 Å². The van der Waals surface area contributed by atoms with Crippen molar-refractivity contribution in [2.75, 3.05) is 0 Å². The fourth-order valence-electron chi connectivity index (χ4n) is 2.22. The van der Waals surface area contributed by atoms with E-state index in [0.29, 0.717) is 0 Å². The summed E-state index contributed by atoms with van der Waals surface area (Å²) in [6, 6.07) is 7.72. The molecular weight excluding hydrogens is 168 g/mol. The Morgan fingerprint density at radius 3 is 1.85 bits per heavy atom. The van der Waals surface area contributed by atoms with Crippen molar-refractivity contribution < 1.29 is 14.9 Å². The number of benzene rings is 1. The number of aliphatic hydroxyl groups excluding tert-OH is 2. The summed E-state index contributed by atoms with van der Waals surface area (Å²) < 4.78 is 5.47. The van der Waals surface area contributed by atoms with Gasteiger partial charge in [-0.3, -0.25) is 0 Å². The van der Waals surface area contributed by atoms with E-state index in [4.69, 9.17) is 4.74 Å². The minimum Gasteiger partial charge on any atom is -0.387 e. The lowest BCUT2D eigenvalue weighted by Gasteiger charge is -2.21. The Morgan fingerprint density at radius 2 is 1.38 bits per heavy atom. The average Bonchev–Trinajstić information content (AvgIpc) is 2.66. The highest BCUT2D eigenvalue weighted by Crippen LogP contribution is 2.50. The zero-order valence-corrected chi connectivity index (χ0v) is 6.92. The van der Waals surface area contributed by atoms with E-state index in [-0.39, 0.29) is 12.2 Å². The van der Waals surface area contributed by atoms with Gasteiger partial charge in [0, 0.05) is 0 Å². The first-order valence-corrected chi connectivity index (χ1v) is 4.39. The summed E-state index contributed by atoms with van der Waals surface area (Å²) in [4.78, 5) is 0. The number of hydrogen-bond donors (Lipinski definition) is 2. The van der Waals surface area contributed by atoms with E-state index in [1.54, 1.807) is 0 Å². The predicted molar refractivity (Wildman–Crippen MR) is 45.0 cm³/mol. The fourth-order valence-corrected chi connectivity index (χ4v) is 2.22. The third-order valence-corrected chi connectivity index (χ3v) is 2.87. The molecule has 0 aromatic heterocycles. The number of rotatable bonds is 0. The van der Waals surface area contributed by atoms with Crippen LogP contribution in [0.1, 0.15) is 23.3 Å². The van der Waals surface area contributed by atoms with Gasteiger partial charge in [-0.25, -0.2) is 0 Å². The van der Waals surface area contributed by atoms with Gasteiger partial charge in [0.1, 0.15) is 24.4 Å². The molecule has 0 spiro atoms. The zero-order chi connectivity index (χ0) is 9.00. The molecular formula is C10H10O3. The molecule has 0 aliphatic carbocycles. The van der Waals surface area contributed by atoms with E-state index in [0.717, 1.165) is 11.1 Å². The molecule has 2 aliphatic rings. The van der Waals surface area contributed by atoms with Crippen LogP contribution in [-0.4, -0.2) is 22.4 Å². The topological polar surface area (TPSA) is 49.7 Å². The summed E-state index contributed by atoms with van der Waals surface area (Å²) in [6.07, 6.45) is -2.17. The van der Waals surface area contributed by atoms with Gasteiger partial charge in [0.2, 0.25) is 0 Å². The van der Waals surface area contributed by atoms with Gasteiger partial charge in [0.05, 0.1) is 0 Å². The zero-order valence-electron chi connectivity index (χ0n) is 6.92. The molecule has 3 unspecified atom stereocenters. The summed E-state index contributed by atoms with van der Waals surface area (Å²) in [5.74, 6) is 0. The third-order valence-electron chi connectivity index (χ3n) is 2.87.